The molecule has 2 aromatic rings. The summed E-state index contributed by atoms with van der Waals surface area (Å²) < 4.78 is 6.98. The van der Waals surface area contributed by atoms with Crippen LogP contribution >= 0.6 is 27.3 Å². The fraction of sp³-hybridized carbons (Fsp3) is 0.400. The van der Waals surface area contributed by atoms with Crippen molar-refractivity contribution in [2.45, 2.75) is 32.9 Å². The van der Waals surface area contributed by atoms with Gasteiger partial charge in [0.15, 0.2) is 0 Å². The van der Waals surface area contributed by atoms with Gasteiger partial charge in [0.1, 0.15) is 12.4 Å². The average molecular weight is 355 g/mol. The van der Waals surface area contributed by atoms with E-state index < -0.39 is 0 Å². The molecular weight excluding hydrogens is 336 g/mol. The maximum absolute atomic E-state index is 5.96. The van der Waals surface area contributed by atoms with Crippen LogP contribution in [0.15, 0.2) is 28.1 Å². The van der Waals surface area contributed by atoms with Crippen molar-refractivity contribution in [1.29, 1.82) is 0 Å². The fourth-order valence-electron chi connectivity index (χ4n) is 1.88. The van der Waals surface area contributed by atoms with Gasteiger partial charge in [-0.05, 0) is 32.5 Å². The van der Waals surface area contributed by atoms with E-state index in [1.54, 1.807) is 11.3 Å². The van der Waals surface area contributed by atoms with Crippen LogP contribution in [0.4, 0.5) is 0 Å². The Kier molecular flexibility index (Phi) is 5.57. The first kappa shape index (κ1) is 15.5. The van der Waals surface area contributed by atoms with Crippen LogP contribution in [0.2, 0.25) is 0 Å². The SMILES string of the molecule is CCc1nc(COc2cc(Br)ccc2C(C)NC)cs1. The van der Waals surface area contributed by atoms with E-state index in [4.69, 9.17) is 4.74 Å². The third kappa shape index (κ3) is 3.81. The van der Waals surface area contributed by atoms with Crippen molar-refractivity contribution < 1.29 is 4.74 Å². The fourth-order valence-corrected chi connectivity index (χ4v) is 2.95. The van der Waals surface area contributed by atoms with Crippen LogP contribution < -0.4 is 10.1 Å². The van der Waals surface area contributed by atoms with Crippen molar-refractivity contribution in [2.75, 3.05) is 7.05 Å². The highest BCUT2D eigenvalue weighted by Crippen LogP contribution is 2.29. The van der Waals surface area contributed by atoms with E-state index >= 15 is 0 Å². The third-order valence-electron chi connectivity index (χ3n) is 3.15. The predicted molar refractivity (Wildman–Crippen MR) is 87.4 cm³/mol. The molecule has 0 saturated heterocycles. The Morgan fingerprint density at radius 1 is 1.45 bits per heavy atom. The molecule has 0 aliphatic carbocycles. The van der Waals surface area contributed by atoms with Crippen LogP contribution in [0.5, 0.6) is 5.75 Å². The number of hydrogen-bond acceptors (Lipinski definition) is 4. The molecule has 0 aliphatic heterocycles. The Morgan fingerprint density at radius 3 is 2.90 bits per heavy atom. The highest BCUT2D eigenvalue weighted by Gasteiger charge is 2.11. The molecule has 1 atom stereocenters. The smallest absolute Gasteiger partial charge is 0.131 e. The lowest BCUT2D eigenvalue weighted by molar-refractivity contribution is 0.296. The van der Waals surface area contributed by atoms with Gasteiger partial charge in [-0.3, -0.25) is 0 Å². The zero-order valence-electron chi connectivity index (χ0n) is 11.9. The maximum Gasteiger partial charge on any atom is 0.131 e. The lowest BCUT2D eigenvalue weighted by Crippen LogP contribution is -2.13. The van der Waals surface area contributed by atoms with Crippen LogP contribution in [-0.4, -0.2) is 12.0 Å². The molecule has 5 heteroatoms. The molecule has 1 heterocycles. The number of aryl methyl sites for hydroxylation is 1. The van der Waals surface area contributed by atoms with E-state index in [9.17, 15) is 0 Å². The molecule has 0 amide bonds. The van der Waals surface area contributed by atoms with Gasteiger partial charge >= 0.3 is 0 Å². The molecule has 0 radical (unpaired) electrons. The number of nitrogens with zero attached hydrogens (tertiary/aromatic N) is 1. The quantitative estimate of drug-likeness (QED) is 0.838. The summed E-state index contributed by atoms with van der Waals surface area (Å²) in [5.41, 5.74) is 2.15. The van der Waals surface area contributed by atoms with Crippen molar-refractivity contribution in [3.63, 3.8) is 0 Å². The Hall–Kier alpha value is -0.910. The molecule has 1 unspecified atom stereocenters. The Labute approximate surface area is 132 Å². The molecule has 0 bridgehead atoms. The number of benzene rings is 1. The summed E-state index contributed by atoms with van der Waals surface area (Å²) in [5.74, 6) is 0.896. The van der Waals surface area contributed by atoms with Gasteiger partial charge < -0.3 is 10.1 Å². The normalized spacial score (nSPS) is 12.4. The number of thiazole rings is 1. The van der Waals surface area contributed by atoms with Gasteiger partial charge in [-0.25, -0.2) is 4.98 Å². The molecule has 0 aliphatic rings. The Balaban J connectivity index is 2.13. The molecular formula is C15H19BrN2OS. The molecule has 3 nitrogen and oxygen atoms in total. The van der Waals surface area contributed by atoms with Gasteiger partial charge in [-0.2, -0.15) is 0 Å². The zero-order chi connectivity index (χ0) is 14.5. The van der Waals surface area contributed by atoms with Crippen molar-refractivity contribution in [2.24, 2.45) is 0 Å². The van der Waals surface area contributed by atoms with Crippen molar-refractivity contribution in [3.05, 3.63) is 44.3 Å². The summed E-state index contributed by atoms with van der Waals surface area (Å²) >= 11 is 5.19. The van der Waals surface area contributed by atoms with Crippen LogP contribution in [0.25, 0.3) is 0 Å². The molecule has 0 spiro atoms. The van der Waals surface area contributed by atoms with E-state index in [0.717, 1.165) is 32.9 Å². The van der Waals surface area contributed by atoms with Crippen LogP contribution in [0.1, 0.15) is 36.2 Å². The van der Waals surface area contributed by atoms with Gasteiger partial charge in [0.05, 0.1) is 10.7 Å². The number of hydrogen-bond donors (Lipinski definition) is 1. The summed E-state index contributed by atoms with van der Waals surface area (Å²) in [7, 11) is 1.95. The second kappa shape index (κ2) is 7.20. The minimum Gasteiger partial charge on any atom is -0.487 e. The number of halogens is 1. The van der Waals surface area contributed by atoms with Crippen LogP contribution in [0, 0.1) is 0 Å². The molecule has 1 aromatic carbocycles. The van der Waals surface area contributed by atoms with Gasteiger partial charge in [0.25, 0.3) is 0 Å². The van der Waals surface area contributed by atoms with Gasteiger partial charge in [0.2, 0.25) is 0 Å². The van der Waals surface area contributed by atoms with Crippen molar-refractivity contribution >= 4 is 27.3 Å². The lowest BCUT2D eigenvalue weighted by atomic mass is 10.1. The first-order valence-electron chi connectivity index (χ1n) is 6.66. The molecule has 1 aromatic heterocycles. The summed E-state index contributed by atoms with van der Waals surface area (Å²) in [6.45, 7) is 4.75. The Bertz CT molecular complexity index is 571. The van der Waals surface area contributed by atoms with E-state index in [-0.39, 0.29) is 6.04 Å². The van der Waals surface area contributed by atoms with E-state index in [1.807, 2.05) is 19.2 Å². The summed E-state index contributed by atoms with van der Waals surface area (Å²) in [6, 6.07) is 6.38. The Morgan fingerprint density at radius 2 is 2.25 bits per heavy atom. The largest absolute Gasteiger partial charge is 0.487 e. The maximum atomic E-state index is 5.96. The number of rotatable bonds is 6. The van der Waals surface area contributed by atoms with Crippen molar-refractivity contribution in [1.82, 2.24) is 10.3 Å². The summed E-state index contributed by atoms with van der Waals surface area (Å²) in [4.78, 5) is 4.53. The molecule has 0 saturated carbocycles. The van der Waals surface area contributed by atoms with Gasteiger partial charge in [-0.1, -0.05) is 28.9 Å². The minimum atomic E-state index is 0.250. The second-order valence-corrected chi connectivity index (χ2v) is 6.43. The summed E-state index contributed by atoms with van der Waals surface area (Å²) in [6.07, 6.45) is 0.976. The van der Waals surface area contributed by atoms with Crippen LogP contribution in [0.3, 0.4) is 0 Å². The standard InChI is InChI=1S/C15H19BrN2OS/c1-4-15-18-12(9-20-15)8-19-14-7-11(16)5-6-13(14)10(2)17-3/h5-7,9-10,17H,4,8H2,1-3H3. The molecule has 0 fully saturated rings. The highest BCUT2D eigenvalue weighted by molar-refractivity contribution is 9.10. The van der Waals surface area contributed by atoms with E-state index in [1.165, 1.54) is 0 Å². The zero-order valence-corrected chi connectivity index (χ0v) is 14.3. The summed E-state index contributed by atoms with van der Waals surface area (Å²) in [5, 5.41) is 6.47. The topological polar surface area (TPSA) is 34.1 Å². The predicted octanol–water partition coefficient (Wildman–Crippen LogP) is 4.33. The molecule has 2 rings (SSSR count). The van der Waals surface area contributed by atoms with Gasteiger partial charge in [-0.15, -0.1) is 11.3 Å². The van der Waals surface area contributed by atoms with Gasteiger partial charge in [0, 0.05) is 21.5 Å². The minimum absolute atomic E-state index is 0.250. The number of nitrogens with one attached hydrogen (secondary N) is 1. The lowest BCUT2D eigenvalue weighted by Gasteiger charge is -2.16. The highest BCUT2D eigenvalue weighted by atomic mass is 79.9. The van der Waals surface area contributed by atoms with Crippen molar-refractivity contribution in [3.8, 4) is 5.75 Å². The number of aromatic nitrogens is 1. The van der Waals surface area contributed by atoms with E-state index in [2.05, 4.69) is 51.5 Å². The van der Waals surface area contributed by atoms with E-state index in [0.29, 0.717) is 6.61 Å². The first-order chi connectivity index (χ1) is 9.63. The second-order valence-electron chi connectivity index (χ2n) is 4.57. The third-order valence-corrected chi connectivity index (χ3v) is 4.69. The monoisotopic (exact) mass is 354 g/mol. The molecule has 20 heavy (non-hydrogen) atoms. The molecule has 1 N–H and O–H groups in total. The first-order valence-corrected chi connectivity index (χ1v) is 8.34. The molecule has 108 valence electrons. The average Bonchev–Trinajstić information content (AvgIpc) is 2.92. The van der Waals surface area contributed by atoms with Crippen LogP contribution in [-0.2, 0) is 13.0 Å². The number of ether oxygens (including phenoxy) is 1.